The van der Waals surface area contributed by atoms with Gasteiger partial charge in [0.05, 0.1) is 12.7 Å². The second kappa shape index (κ2) is 4.81. The predicted molar refractivity (Wildman–Crippen MR) is 78.3 cm³/mol. The predicted octanol–water partition coefficient (Wildman–Crippen LogP) is 2.97. The topological polar surface area (TPSA) is 51.2 Å². The molecule has 0 unspecified atom stereocenters. The second-order valence-corrected chi connectivity index (χ2v) is 4.60. The van der Waals surface area contributed by atoms with Crippen LogP contribution in [-0.4, -0.2) is 18.0 Å². The van der Waals surface area contributed by atoms with E-state index in [0.29, 0.717) is 5.57 Å². The van der Waals surface area contributed by atoms with Crippen molar-refractivity contribution in [3.63, 3.8) is 0 Å². The van der Waals surface area contributed by atoms with Gasteiger partial charge in [-0.25, -0.2) is 0 Å². The largest absolute Gasteiger partial charge is 0.497 e. The van der Waals surface area contributed by atoms with Crippen LogP contribution in [0.25, 0.3) is 11.1 Å². The lowest BCUT2D eigenvalue weighted by atomic mass is 9.97. The highest BCUT2D eigenvalue weighted by Crippen LogP contribution is 2.38. The minimum Gasteiger partial charge on any atom is -0.497 e. The van der Waals surface area contributed by atoms with Crippen LogP contribution in [-0.2, 0) is 4.79 Å². The number of fused-ring (bicyclic) bond motifs is 1. The highest BCUT2D eigenvalue weighted by molar-refractivity contribution is 6.36. The van der Waals surface area contributed by atoms with Gasteiger partial charge in [0.2, 0.25) is 0 Å². The number of carbonyl (C=O) groups is 1. The molecule has 1 aromatic carbocycles. The summed E-state index contributed by atoms with van der Waals surface area (Å²) in [6, 6.07) is 9.37. The number of hydrogen-bond acceptors (Lipinski definition) is 3. The number of nitrogens with zero attached hydrogens (tertiary/aromatic N) is 1. The summed E-state index contributed by atoms with van der Waals surface area (Å²) in [5.74, 6) is 0.655. The van der Waals surface area contributed by atoms with Crippen LogP contribution in [0.1, 0.15) is 18.1 Å². The molecular formula is C16H14N2O2. The van der Waals surface area contributed by atoms with Crippen LogP contribution in [0.2, 0.25) is 0 Å². The zero-order chi connectivity index (χ0) is 14.1. The molecule has 2 heterocycles. The van der Waals surface area contributed by atoms with Crippen molar-refractivity contribution in [2.75, 3.05) is 12.4 Å². The summed E-state index contributed by atoms with van der Waals surface area (Å²) >= 11 is 0. The highest BCUT2D eigenvalue weighted by Gasteiger charge is 2.26. The van der Waals surface area contributed by atoms with Crippen molar-refractivity contribution < 1.29 is 9.53 Å². The number of methoxy groups -OCH3 is 1. The molecule has 0 atom stereocenters. The Balaban J connectivity index is 2.18. The summed E-state index contributed by atoms with van der Waals surface area (Å²) in [7, 11) is 1.62. The molecule has 4 heteroatoms. The molecular weight excluding hydrogens is 252 g/mol. The van der Waals surface area contributed by atoms with E-state index in [2.05, 4.69) is 10.3 Å². The van der Waals surface area contributed by atoms with Gasteiger partial charge in [-0.05, 0) is 48.4 Å². The van der Waals surface area contributed by atoms with Gasteiger partial charge in [-0.1, -0.05) is 0 Å². The van der Waals surface area contributed by atoms with E-state index in [0.717, 1.165) is 28.1 Å². The van der Waals surface area contributed by atoms with Gasteiger partial charge in [-0.2, -0.15) is 0 Å². The first kappa shape index (κ1) is 12.4. The van der Waals surface area contributed by atoms with E-state index in [9.17, 15) is 4.79 Å². The molecule has 1 aliphatic heterocycles. The second-order valence-electron chi connectivity index (χ2n) is 4.60. The number of allylic oxidation sites excluding steroid dienone is 1. The molecule has 20 heavy (non-hydrogen) atoms. The van der Waals surface area contributed by atoms with Crippen molar-refractivity contribution in [1.82, 2.24) is 4.98 Å². The van der Waals surface area contributed by atoms with Crippen LogP contribution >= 0.6 is 0 Å². The number of rotatable bonds is 2. The third-order valence-electron chi connectivity index (χ3n) is 3.46. The summed E-state index contributed by atoms with van der Waals surface area (Å²) in [5, 5.41) is 2.88. The lowest BCUT2D eigenvalue weighted by Gasteiger charge is -2.07. The molecule has 3 rings (SSSR count). The zero-order valence-electron chi connectivity index (χ0n) is 11.3. The fourth-order valence-electron chi connectivity index (χ4n) is 2.39. The first-order chi connectivity index (χ1) is 9.70. The Morgan fingerprint density at radius 2 is 1.95 bits per heavy atom. The van der Waals surface area contributed by atoms with Gasteiger partial charge in [0.1, 0.15) is 5.75 Å². The van der Waals surface area contributed by atoms with Crippen LogP contribution in [0.4, 0.5) is 5.69 Å². The van der Waals surface area contributed by atoms with Gasteiger partial charge < -0.3 is 10.1 Å². The monoisotopic (exact) mass is 266 g/mol. The molecule has 0 fully saturated rings. The molecule has 0 aliphatic carbocycles. The quantitative estimate of drug-likeness (QED) is 0.850. The fourth-order valence-corrected chi connectivity index (χ4v) is 2.39. The standard InChI is InChI=1S/C16H14N2O2/c1-10(11-5-7-17-8-6-11)15-13-9-12(20-2)3-4-14(13)18-16(15)19/h3-9H,1-2H3,(H,18,19)/b15-10-. The Bertz CT molecular complexity index is 706. The van der Waals surface area contributed by atoms with E-state index in [1.54, 1.807) is 19.5 Å². The first-order valence-electron chi connectivity index (χ1n) is 6.31. The Hall–Kier alpha value is -2.62. The zero-order valence-corrected chi connectivity index (χ0v) is 11.3. The maximum atomic E-state index is 12.2. The molecule has 0 bridgehead atoms. The normalized spacial score (nSPS) is 15.6. The summed E-state index contributed by atoms with van der Waals surface area (Å²) in [6.45, 7) is 1.94. The number of carbonyl (C=O) groups excluding carboxylic acids is 1. The van der Waals surface area contributed by atoms with E-state index in [-0.39, 0.29) is 5.91 Å². The number of pyridine rings is 1. The number of aromatic nitrogens is 1. The van der Waals surface area contributed by atoms with E-state index in [4.69, 9.17) is 4.74 Å². The molecule has 1 amide bonds. The van der Waals surface area contributed by atoms with Gasteiger partial charge in [0.15, 0.2) is 0 Å². The third kappa shape index (κ3) is 1.95. The van der Waals surface area contributed by atoms with E-state index in [1.165, 1.54) is 0 Å². The van der Waals surface area contributed by atoms with Crippen molar-refractivity contribution in [2.45, 2.75) is 6.92 Å². The van der Waals surface area contributed by atoms with Gasteiger partial charge in [-0.15, -0.1) is 0 Å². The first-order valence-corrected chi connectivity index (χ1v) is 6.31. The number of benzene rings is 1. The molecule has 1 aromatic heterocycles. The number of ether oxygens (including phenoxy) is 1. The molecule has 1 N–H and O–H groups in total. The van der Waals surface area contributed by atoms with Crippen molar-refractivity contribution in [3.05, 3.63) is 53.9 Å². The molecule has 0 saturated heterocycles. The summed E-state index contributed by atoms with van der Waals surface area (Å²) < 4.78 is 5.24. The smallest absolute Gasteiger partial charge is 0.256 e. The Labute approximate surface area is 117 Å². The average molecular weight is 266 g/mol. The Morgan fingerprint density at radius 1 is 1.20 bits per heavy atom. The molecule has 4 nitrogen and oxygen atoms in total. The molecule has 0 saturated carbocycles. The van der Waals surface area contributed by atoms with Gasteiger partial charge in [0.25, 0.3) is 5.91 Å². The minimum atomic E-state index is -0.0810. The maximum Gasteiger partial charge on any atom is 0.256 e. The van der Waals surface area contributed by atoms with E-state index >= 15 is 0 Å². The van der Waals surface area contributed by atoms with Crippen molar-refractivity contribution >= 4 is 22.7 Å². The summed E-state index contributed by atoms with van der Waals surface area (Å²) in [6.07, 6.45) is 3.44. The number of nitrogens with one attached hydrogen (secondary N) is 1. The van der Waals surface area contributed by atoms with E-state index < -0.39 is 0 Å². The third-order valence-corrected chi connectivity index (χ3v) is 3.46. The maximum absolute atomic E-state index is 12.2. The number of anilines is 1. The van der Waals surface area contributed by atoms with Gasteiger partial charge in [0, 0.05) is 23.6 Å². The van der Waals surface area contributed by atoms with Crippen molar-refractivity contribution in [1.29, 1.82) is 0 Å². The SMILES string of the molecule is COc1ccc2c(c1)/C(=C(\C)c1ccncc1)C(=O)N2. The Kier molecular flexibility index (Phi) is 2.99. The van der Waals surface area contributed by atoms with Crippen molar-refractivity contribution in [3.8, 4) is 5.75 Å². The lowest BCUT2D eigenvalue weighted by molar-refractivity contribution is -0.110. The van der Waals surface area contributed by atoms with Crippen LogP contribution in [0.15, 0.2) is 42.7 Å². The number of hydrogen-bond donors (Lipinski definition) is 1. The average Bonchev–Trinajstić information content (AvgIpc) is 2.82. The van der Waals surface area contributed by atoms with Crippen LogP contribution in [0.5, 0.6) is 5.75 Å². The molecule has 0 radical (unpaired) electrons. The minimum absolute atomic E-state index is 0.0810. The molecule has 0 spiro atoms. The highest BCUT2D eigenvalue weighted by atomic mass is 16.5. The Morgan fingerprint density at radius 3 is 2.65 bits per heavy atom. The van der Waals surface area contributed by atoms with Crippen LogP contribution in [0.3, 0.4) is 0 Å². The van der Waals surface area contributed by atoms with Gasteiger partial charge >= 0.3 is 0 Å². The summed E-state index contributed by atoms with van der Waals surface area (Å²) in [4.78, 5) is 16.2. The fraction of sp³-hybridized carbons (Fsp3) is 0.125. The van der Waals surface area contributed by atoms with Crippen LogP contribution < -0.4 is 10.1 Å². The lowest BCUT2D eigenvalue weighted by Crippen LogP contribution is -2.05. The van der Waals surface area contributed by atoms with E-state index in [1.807, 2.05) is 37.3 Å². The molecule has 100 valence electrons. The van der Waals surface area contributed by atoms with Gasteiger partial charge in [-0.3, -0.25) is 9.78 Å². The summed E-state index contributed by atoms with van der Waals surface area (Å²) in [5.41, 5.74) is 4.30. The molecule has 1 aliphatic rings. The number of amides is 1. The molecule has 2 aromatic rings. The van der Waals surface area contributed by atoms with Crippen LogP contribution in [0, 0.1) is 0 Å². The van der Waals surface area contributed by atoms with Crippen molar-refractivity contribution in [2.24, 2.45) is 0 Å².